The third-order valence-electron chi connectivity index (χ3n) is 4.02. The van der Waals surface area contributed by atoms with E-state index in [0.717, 1.165) is 17.9 Å². The van der Waals surface area contributed by atoms with E-state index in [1.165, 1.54) is 38.9 Å². The van der Waals surface area contributed by atoms with E-state index in [1.807, 2.05) is 0 Å². The van der Waals surface area contributed by atoms with E-state index in [1.54, 1.807) is 0 Å². The molecule has 1 fully saturated rings. The molecule has 0 radical (unpaired) electrons. The SMILES string of the molecule is CC(C)CCC(C)N1CCC(CNC(C)(C)C)C1. The predicted octanol–water partition coefficient (Wildman–Crippen LogP) is 3.52. The smallest absolute Gasteiger partial charge is 0.00966 e. The minimum absolute atomic E-state index is 0.261. The summed E-state index contributed by atoms with van der Waals surface area (Å²) in [6.45, 7) is 17.6. The largest absolute Gasteiger partial charge is 0.312 e. The maximum Gasteiger partial charge on any atom is 0.00966 e. The van der Waals surface area contributed by atoms with Crippen LogP contribution in [0.25, 0.3) is 0 Å². The first-order valence-electron chi connectivity index (χ1n) is 7.77. The molecule has 0 saturated carbocycles. The minimum atomic E-state index is 0.261. The van der Waals surface area contributed by atoms with E-state index < -0.39 is 0 Å². The molecule has 0 amide bonds. The van der Waals surface area contributed by atoms with E-state index in [2.05, 4.69) is 51.8 Å². The fourth-order valence-corrected chi connectivity index (χ4v) is 2.64. The monoisotopic (exact) mass is 254 g/mol. The van der Waals surface area contributed by atoms with Crippen LogP contribution in [0.15, 0.2) is 0 Å². The molecule has 2 heteroatoms. The van der Waals surface area contributed by atoms with E-state index in [4.69, 9.17) is 0 Å². The van der Waals surface area contributed by atoms with Crippen molar-refractivity contribution in [2.75, 3.05) is 19.6 Å². The van der Waals surface area contributed by atoms with Crippen LogP contribution in [-0.2, 0) is 0 Å². The summed E-state index contributed by atoms with van der Waals surface area (Å²) < 4.78 is 0. The van der Waals surface area contributed by atoms with Crippen molar-refractivity contribution < 1.29 is 0 Å². The molecule has 0 spiro atoms. The summed E-state index contributed by atoms with van der Waals surface area (Å²) in [5.41, 5.74) is 0.261. The van der Waals surface area contributed by atoms with Crippen molar-refractivity contribution in [3.8, 4) is 0 Å². The van der Waals surface area contributed by atoms with Gasteiger partial charge in [0.2, 0.25) is 0 Å². The molecule has 1 N–H and O–H groups in total. The fourth-order valence-electron chi connectivity index (χ4n) is 2.64. The molecule has 1 rings (SSSR count). The van der Waals surface area contributed by atoms with Crippen LogP contribution in [0.2, 0.25) is 0 Å². The molecule has 0 aliphatic carbocycles. The average molecular weight is 254 g/mol. The quantitative estimate of drug-likeness (QED) is 0.780. The number of nitrogens with zero attached hydrogens (tertiary/aromatic N) is 1. The van der Waals surface area contributed by atoms with Gasteiger partial charge >= 0.3 is 0 Å². The van der Waals surface area contributed by atoms with Crippen LogP contribution in [-0.4, -0.2) is 36.1 Å². The lowest BCUT2D eigenvalue weighted by Gasteiger charge is -2.26. The molecule has 108 valence electrons. The average Bonchev–Trinajstić information content (AvgIpc) is 2.70. The van der Waals surface area contributed by atoms with Crippen LogP contribution in [0, 0.1) is 11.8 Å². The Kier molecular flexibility index (Phi) is 6.13. The van der Waals surface area contributed by atoms with Gasteiger partial charge in [0.25, 0.3) is 0 Å². The highest BCUT2D eigenvalue weighted by molar-refractivity contribution is 4.83. The molecular weight excluding hydrogens is 220 g/mol. The molecule has 1 aliphatic heterocycles. The maximum atomic E-state index is 3.65. The Bertz CT molecular complexity index is 230. The van der Waals surface area contributed by atoms with Gasteiger partial charge in [-0.3, -0.25) is 0 Å². The van der Waals surface area contributed by atoms with Crippen LogP contribution in [0.3, 0.4) is 0 Å². The van der Waals surface area contributed by atoms with E-state index in [0.29, 0.717) is 0 Å². The number of rotatable bonds is 6. The number of likely N-dealkylation sites (tertiary alicyclic amines) is 1. The zero-order chi connectivity index (χ0) is 13.8. The Morgan fingerprint density at radius 3 is 2.39 bits per heavy atom. The second-order valence-corrected chi connectivity index (χ2v) is 7.60. The van der Waals surface area contributed by atoms with Gasteiger partial charge in [0.1, 0.15) is 0 Å². The Balaban J connectivity index is 2.23. The molecule has 0 aromatic rings. The first-order valence-corrected chi connectivity index (χ1v) is 7.77. The topological polar surface area (TPSA) is 15.3 Å². The van der Waals surface area contributed by atoms with Crippen LogP contribution in [0.1, 0.15) is 60.8 Å². The molecule has 1 heterocycles. The lowest BCUT2D eigenvalue weighted by atomic mass is 10.0. The predicted molar refractivity (Wildman–Crippen MR) is 81.0 cm³/mol. The molecule has 18 heavy (non-hydrogen) atoms. The molecule has 0 aromatic carbocycles. The Labute approximate surface area is 115 Å². The van der Waals surface area contributed by atoms with E-state index in [9.17, 15) is 0 Å². The van der Waals surface area contributed by atoms with Gasteiger partial charge in [-0.05, 0) is 71.9 Å². The minimum Gasteiger partial charge on any atom is -0.312 e. The summed E-state index contributed by atoms with van der Waals surface area (Å²) in [6, 6.07) is 0.770. The van der Waals surface area contributed by atoms with Gasteiger partial charge in [0.15, 0.2) is 0 Å². The van der Waals surface area contributed by atoms with Crippen molar-refractivity contribution in [1.82, 2.24) is 10.2 Å². The Morgan fingerprint density at radius 2 is 1.83 bits per heavy atom. The Morgan fingerprint density at radius 1 is 1.17 bits per heavy atom. The van der Waals surface area contributed by atoms with Crippen LogP contribution in [0.5, 0.6) is 0 Å². The second kappa shape index (κ2) is 6.91. The van der Waals surface area contributed by atoms with Crippen molar-refractivity contribution in [3.63, 3.8) is 0 Å². The number of hydrogen-bond donors (Lipinski definition) is 1. The first kappa shape index (κ1) is 16.0. The lowest BCUT2D eigenvalue weighted by Crippen LogP contribution is -2.40. The van der Waals surface area contributed by atoms with E-state index >= 15 is 0 Å². The summed E-state index contributed by atoms with van der Waals surface area (Å²) in [7, 11) is 0. The summed E-state index contributed by atoms with van der Waals surface area (Å²) >= 11 is 0. The number of nitrogens with one attached hydrogen (secondary N) is 1. The van der Waals surface area contributed by atoms with Crippen LogP contribution in [0.4, 0.5) is 0 Å². The second-order valence-electron chi connectivity index (χ2n) is 7.60. The highest BCUT2D eigenvalue weighted by atomic mass is 15.2. The summed E-state index contributed by atoms with van der Waals surface area (Å²) in [4.78, 5) is 2.69. The van der Waals surface area contributed by atoms with E-state index in [-0.39, 0.29) is 5.54 Å². The molecule has 0 bridgehead atoms. The van der Waals surface area contributed by atoms with Crippen molar-refractivity contribution in [2.24, 2.45) is 11.8 Å². The first-order chi connectivity index (χ1) is 8.28. The molecule has 1 aliphatic rings. The van der Waals surface area contributed by atoms with Gasteiger partial charge in [-0.1, -0.05) is 13.8 Å². The van der Waals surface area contributed by atoms with Crippen molar-refractivity contribution in [2.45, 2.75) is 72.4 Å². The maximum absolute atomic E-state index is 3.65. The number of hydrogen-bond acceptors (Lipinski definition) is 2. The zero-order valence-electron chi connectivity index (χ0n) is 13.4. The molecular formula is C16H34N2. The van der Waals surface area contributed by atoms with Gasteiger partial charge in [-0.2, -0.15) is 0 Å². The summed E-state index contributed by atoms with van der Waals surface area (Å²) in [5, 5.41) is 3.65. The molecule has 0 aromatic heterocycles. The van der Waals surface area contributed by atoms with Gasteiger partial charge in [0, 0.05) is 18.1 Å². The summed E-state index contributed by atoms with van der Waals surface area (Å²) in [5.74, 6) is 1.69. The molecule has 1 saturated heterocycles. The highest BCUT2D eigenvalue weighted by Crippen LogP contribution is 2.21. The van der Waals surface area contributed by atoms with Crippen molar-refractivity contribution in [3.05, 3.63) is 0 Å². The van der Waals surface area contributed by atoms with Crippen LogP contribution < -0.4 is 5.32 Å². The molecule has 2 atom stereocenters. The normalized spacial score (nSPS) is 23.8. The lowest BCUT2D eigenvalue weighted by molar-refractivity contribution is 0.226. The van der Waals surface area contributed by atoms with Gasteiger partial charge < -0.3 is 10.2 Å². The third-order valence-corrected chi connectivity index (χ3v) is 4.02. The Hall–Kier alpha value is -0.0800. The highest BCUT2D eigenvalue weighted by Gasteiger charge is 2.26. The third kappa shape index (κ3) is 6.19. The van der Waals surface area contributed by atoms with Gasteiger partial charge in [-0.25, -0.2) is 0 Å². The summed E-state index contributed by atoms with van der Waals surface area (Å²) in [6.07, 6.45) is 4.09. The molecule has 2 unspecified atom stereocenters. The van der Waals surface area contributed by atoms with Crippen molar-refractivity contribution in [1.29, 1.82) is 0 Å². The van der Waals surface area contributed by atoms with Gasteiger partial charge in [0.05, 0.1) is 0 Å². The van der Waals surface area contributed by atoms with Crippen molar-refractivity contribution >= 4 is 0 Å². The fraction of sp³-hybridized carbons (Fsp3) is 1.00. The van der Waals surface area contributed by atoms with Crippen LogP contribution >= 0.6 is 0 Å². The zero-order valence-corrected chi connectivity index (χ0v) is 13.4. The standard InChI is InChI=1S/C16H34N2/c1-13(2)7-8-14(3)18-10-9-15(12-18)11-17-16(4,5)6/h13-15,17H,7-12H2,1-6H3. The molecule has 2 nitrogen and oxygen atoms in total. The van der Waals surface area contributed by atoms with Gasteiger partial charge in [-0.15, -0.1) is 0 Å².